The van der Waals surface area contributed by atoms with Crippen LogP contribution in [0.2, 0.25) is 0 Å². The highest BCUT2D eigenvalue weighted by Crippen LogP contribution is 2.46. The first kappa shape index (κ1) is 19.5. The third-order valence-corrected chi connectivity index (χ3v) is 3.34. The molecule has 1 N–H and O–H groups in total. The standard InChI is InChI=1S/C15H10F6N2O3/c1-26-12-10(14(17,18)15(19,20)21)6-8(22-23-12)4-7-2-3-11(16)9(5-7)13(24)25/h2-3,5-6H,4H2,1H3,(H,24,25). The van der Waals surface area contributed by atoms with E-state index in [1.807, 2.05) is 0 Å². The maximum atomic E-state index is 13.7. The van der Waals surface area contributed by atoms with Gasteiger partial charge in [0.1, 0.15) is 5.82 Å². The lowest BCUT2D eigenvalue weighted by molar-refractivity contribution is -0.289. The second-order valence-electron chi connectivity index (χ2n) is 5.13. The van der Waals surface area contributed by atoms with Crippen molar-refractivity contribution in [1.82, 2.24) is 10.2 Å². The van der Waals surface area contributed by atoms with Crippen LogP contribution in [0.4, 0.5) is 26.3 Å². The van der Waals surface area contributed by atoms with E-state index in [0.717, 1.165) is 25.3 Å². The molecule has 0 amide bonds. The van der Waals surface area contributed by atoms with Gasteiger partial charge in [-0.05, 0) is 23.8 Å². The molecule has 2 rings (SSSR count). The first-order valence-electron chi connectivity index (χ1n) is 6.84. The highest BCUT2D eigenvalue weighted by molar-refractivity contribution is 5.88. The molecule has 1 aromatic carbocycles. The molecule has 140 valence electrons. The Bertz CT molecular complexity index is 839. The first-order valence-corrected chi connectivity index (χ1v) is 6.84. The van der Waals surface area contributed by atoms with E-state index in [1.165, 1.54) is 0 Å². The fourth-order valence-electron chi connectivity index (χ4n) is 2.09. The minimum Gasteiger partial charge on any atom is -0.480 e. The number of aromatic nitrogens is 2. The van der Waals surface area contributed by atoms with Crippen molar-refractivity contribution < 1.29 is 41.0 Å². The number of ether oxygens (including phenoxy) is 1. The zero-order valence-corrected chi connectivity index (χ0v) is 12.9. The second-order valence-corrected chi connectivity index (χ2v) is 5.13. The molecule has 0 saturated carbocycles. The van der Waals surface area contributed by atoms with Crippen LogP contribution in [-0.4, -0.2) is 34.6 Å². The van der Waals surface area contributed by atoms with Crippen LogP contribution in [0.1, 0.15) is 27.2 Å². The number of halogens is 6. The van der Waals surface area contributed by atoms with Crippen molar-refractivity contribution in [1.29, 1.82) is 0 Å². The first-order chi connectivity index (χ1) is 12.0. The fourth-order valence-corrected chi connectivity index (χ4v) is 2.09. The summed E-state index contributed by atoms with van der Waals surface area (Å²) in [6.45, 7) is 0. The molecule has 1 aromatic heterocycles. The minimum absolute atomic E-state index is 0.129. The van der Waals surface area contributed by atoms with Gasteiger partial charge in [-0.2, -0.15) is 27.1 Å². The minimum atomic E-state index is -5.88. The number of nitrogens with zero attached hydrogens (tertiary/aromatic N) is 2. The Kier molecular flexibility index (Phi) is 5.10. The van der Waals surface area contributed by atoms with E-state index in [9.17, 15) is 31.1 Å². The quantitative estimate of drug-likeness (QED) is 0.803. The van der Waals surface area contributed by atoms with Crippen molar-refractivity contribution >= 4 is 5.97 Å². The Morgan fingerprint density at radius 1 is 1.15 bits per heavy atom. The summed E-state index contributed by atoms with van der Waals surface area (Å²) < 4.78 is 82.9. The van der Waals surface area contributed by atoms with E-state index in [-0.39, 0.29) is 17.7 Å². The fraction of sp³-hybridized carbons (Fsp3) is 0.267. The smallest absolute Gasteiger partial charge is 0.458 e. The van der Waals surface area contributed by atoms with E-state index in [4.69, 9.17) is 5.11 Å². The SMILES string of the molecule is COc1nnc(Cc2ccc(F)c(C(=O)O)c2)cc1C(F)(F)C(F)(F)F. The summed E-state index contributed by atoms with van der Waals surface area (Å²) in [5, 5.41) is 15.5. The molecule has 26 heavy (non-hydrogen) atoms. The highest BCUT2D eigenvalue weighted by atomic mass is 19.4. The lowest BCUT2D eigenvalue weighted by Crippen LogP contribution is -2.34. The summed E-state index contributed by atoms with van der Waals surface area (Å²) >= 11 is 0. The van der Waals surface area contributed by atoms with E-state index >= 15 is 0 Å². The highest BCUT2D eigenvalue weighted by Gasteiger charge is 2.60. The Balaban J connectivity index is 2.45. The molecular formula is C15H10F6N2O3. The lowest BCUT2D eigenvalue weighted by Gasteiger charge is -2.21. The molecule has 0 fully saturated rings. The number of carboxylic acids is 1. The van der Waals surface area contributed by atoms with Crippen molar-refractivity contribution in [2.45, 2.75) is 18.5 Å². The molecule has 5 nitrogen and oxygen atoms in total. The zero-order chi connectivity index (χ0) is 19.7. The molecule has 0 unspecified atom stereocenters. The van der Waals surface area contributed by atoms with Gasteiger partial charge in [-0.3, -0.25) is 0 Å². The van der Waals surface area contributed by atoms with Crippen LogP contribution in [0.5, 0.6) is 5.88 Å². The van der Waals surface area contributed by atoms with Crippen LogP contribution in [0.15, 0.2) is 24.3 Å². The second kappa shape index (κ2) is 6.81. The molecule has 0 aliphatic carbocycles. The van der Waals surface area contributed by atoms with Crippen LogP contribution in [-0.2, 0) is 12.3 Å². The van der Waals surface area contributed by atoms with Crippen molar-refractivity contribution in [2.75, 3.05) is 7.11 Å². The van der Waals surface area contributed by atoms with Gasteiger partial charge in [-0.15, -0.1) is 5.10 Å². The van der Waals surface area contributed by atoms with Gasteiger partial charge in [0, 0.05) is 6.42 Å². The Morgan fingerprint density at radius 3 is 2.35 bits per heavy atom. The van der Waals surface area contributed by atoms with E-state index in [1.54, 1.807) is 0 Å². The molecule has 0 bridgehead atoms. The van der Waals surface area contributed by atoms with Gasteiger partial charge in [0.2, 0.25) is 5.88 Å². The average Bonchev–Trinajstić information content (AvgIpc) is 2.55. The van der Waals surface area contributed by atoms with Crippen LogP contribution in [0.3, 0.4) is 0 Å². The predicted octanol–water partition coefficient (Wildman–Crippen LogP) is 3.57. The molecule has 0 aliphatic rings. The monoisotopic (exact) mass is 380 g/mol. The molecule has 11 heteroatoms. The maximum absolute atomic E-state index is 13.7. The number of rotatable bonds is 5. The molecule has 0 radical (unpaired) electrons. The largest absolute Gasteiger partial charge is 0.480 e. The number of benzene rings is 1. The molecule has 0 spiro atoms. The van der Waals surface area contributed by atoms with Gasteiger partial charge in [0.05, 0.1) is 23.9 Å². The van der Waals surface area contributed by atoms with E-state index < -0.39 is 40.9 Å². The maximum Gasteiger partial charge on any atom is 0.458 e. The third kappa shape index (κ3) is 3.70. The van der Waals surface area contributed by atoms with E-state index in [0.29, 0.717) is 6.07 Å². The average molecular weight is 380 g/mol. The molecule has 1 heterocycles. The lowest BCUT2D eigenvalue weighted by atomic mass is 10.0. The van der Waals surface area contributed by atoms with Gasteiger partial charge in [0.15, 0.2) is 0 Å². The van der Waals surface area contributed by atoms with Gasteiger partial charge >= 0.3 is 18.1 Å². The number of carbonyl (C=O) groups is 1. The van der Waals surface area contributed by atoms with Gasteiger partial charge in [-0.1, -0.05) is 6.07 Å². The number of hydrogen-bond donors (Lipinski definition) is 1. The Morgan fingerprint density at radius 2 is 1.81 bits per heavy atom. The number of aromatic carboxylic acids is 1. The number of methoxy groups -OCH3 is 1. The summed E-state index contributed by atoms with van der Waals surface area (Å²) in [4.78, 5) is 10.9. The Labute approximate surface area is 142 Å². The topological polar surface area (TPSA) is 72.3 Å². The van der Waals surface area contributed by atoms with Gasteiger partial charge in [0.25, 0.3) is 0 Å². The summed E-state index contributed by atoms with van der Waals surface area (Å²) in [7, 11) is 0.860. The number of carboxylic acid groups (broad SMARTS) is 1. The van der Waals surface area contributed by atoms with Crippen LogP contribution >= 0.6 is 0 Å². The van der Waals surface area contributed by atoms with Crippen LogP contribution in [0.25, 0.3) is 0 Å². The normalized spacial score (nSPS) is 12.1. The summed E-state index contributed by atoms with van der Waals surface area (Å²) in [6, 6.07) is 3.37. The summed E-state index contributed by atoms with van der Waals surface area (Å²) in [5.74, 6) is -8.82. The van der Waals surface area contributed by atoms with Crippen molar-refractivity contribution in [3.05, 3.63) is 52.5 Å². The Hall–Kier alpha value is -2.85. The van der Waals surface area contributed by atoms with Crippen molar-refractivity contribution in [3.8, 4) is 5.88 Å². The number of alkyl halides is 5. The number of hydrogen-bond acceptors (Lipinski definition) is 4. The predicted molar refractivity (Wildman–Crippen MR) is 74.7 cm³/mol. The summed E-state index contributed by atoms with van der Waals surface area (Å²) in [5.41, 5.74) is -2.39. The van der Waals surface area contributed by atoms with Gasteiger partial charge in [-0.25, -0.2) is 9.18 Å². The van der Waals surface area contributed by atoms with Crippen LogP contribution < -0.4 is 4.74 Å². The molecule has 0 aliphatic heterocycles. The third-order valence-electron chi connectivity index (χ3n) is 3.34. The molecule has 2 aromatic rings. The van der Waals surface area contributed by atoms with Crippen molar-refractivity contribution in [2.24, 2.45) is 0 Å². The van der Waals surface area contributed by atoms with Crippen LogP contribution in [0, 0.1) is 5.82 Å². The molecule has 0 atom stereocenters. The van der Waals surface area contributed by atoms with Gasteiger partial charge < -0.3 is 9.84 Å². The zero-order valence-electron chi connectivity index (χ0n) is 12.9. The molecular weight excluding hydrogens is 370 g/mol. The van der Waals surface area contributed by atoms with E-state index in [2.05, 4.69) is 14.9 Å². The van der Waals surface area contributed by atoms with Crippen molar-refractivity contribution in [3.63, 3.8) is 0 Å². The molecule has 0 saturated heterocycles. The summed E-state index contributed by atoms with van der Waals surface area (Å²) in [6.07, 6.45) is -6.23.